The summed E-state index contributed by atoms with van der Waals surface area (Å²) in [7, 11) is 0. The third kappa shape index (κ3) is 1.87. The fourth-order valence-corrected chi connectivity index (χ4v) is 0.860. The third-order valence-electron chi connectivity index (χ3n) is 1.56. The molecule has 0 saturated carbocycles. The van der Waals surface area contributed by atoms with Crippen LogP contribution in [-0.2, 0) is 11.2 Å². The predicted octanol–water partition coefficient (Wildman–Crippen LogP) is 1.88. The number of hydrogen-bond acceptors (Lipinski definition) is 1. The van der Waals surface area contributed by atoms with Crippen LogP contribution in [0, 0.1) is 12.7 Å². The SMILES string of the molecule is Cc1ccc(CC=O)cc1F. The van der Waals surface area contributed by atoms with Gasteiger partial charge in [0.2, 0.25) is 0 Å². The van der Waals surface area contributed by atoms with Crippen LogP contribution in [0.4, 0.5) is 4.39 Å². The number of hydrogen-bond donors (Lipinski definition) is 0. The summed E-state index contributed by atoms with van der Waals surface area (Å²) >= 11 is 0. The van der Waals surface area contributed by atoms with Gasteiger partial charge in [0.1, 0.15) is 12.1 Å². The maximum absolute atomic E-state index is 12.8. The largest absolute Gasteiger partial charge is 0.303 e. The van der Waals surface area contributed by atoms with E-state index in [9.17, 15) is 9.18 Å². The Morgan fingerprint density at radius 2 is 2.27 bits per heavy atom. The highest BCUT2D eigenvalue weighted by Gasteiger charge is 1.97. The summed E-state index contributed by atoms with van der Waals surface area (Å²) in [5.74, 6) is -0.246. The molecule has 0 amide bonds. The number of carbonyl (C=O) groups excluding carboxylic acids is 1. The van der Waals surface area contributed by atoms with Crippen LogP contribution < -0.4 is 0 Å². The lowest BCUT2D eigenvalue weighted by Gasteiger charge is -1.97. The van der Waals surface area contributed by atoms with Gasteiger partial charge in [-0.25, -0.2) is 4.39 Å². The lowest BCUT2D eigenvalue weighted by Crippen LogP contribution is -1.89. The first-order valence-corrected chi connectivity index (χ1v) is 3.42. The molecule has 0 heterocycles. The highest BCUT2D eigenvalue weighted by molar-refractivity contribution is 5.54. The van der Waals surface area contributed by atoms with Gasteiger partial charge in [-0.05, 0) is 24.1 Å². The molecule has 0 unspecified atom stereocenters. The monoisotopic (exact) mass is 152 g/mol. The molecule has 11 heavy (non-hydrogen) atoms. The van der Waals surface area contributed by atoms with Crippen molar-refractivity contribution in [3.63, 3.8) is 0 Å². The minimum Gasteiger partial charge on any atom is -0.303 e. The zero-order chi connectivity index (χ0) is 8.27. The van der Waals surface area contributed by atoms with Crippen molar-refractivity contribution in [3.8, 4) is 0 Å². The van der Waals surface area contributed by atoms with E-state index in [1.165, 1.54) is 6.07 Å². The Labute approximate surface area is 64.9 Å². The minimum atomic E-state index is -0.246. The minimum absolute atomic E-state index is 0.246. The molecule has 0 saturated heterocycles. The molecule has 1 aromatic rings. The Balaban J connectivity index is 2.95. The van der Waals surface area contributed by atoms with E-state index in [1.807, 2.05) is 0 Å². The number of halogens is 1. The third-order valence-corrected chi connectivity index (χ3v) is 1.56. The van der Waals surface area contributed by atoms with Crippen LogP contribution in [-0.4, -0.2) is 6.29 Å². The summed E-state index contributed by atoms with van der Waals surface area (Å²) in [5.41, 5.74) is 1.34. The van der Waals surface area contributed by atoms with Gasteiger partial charge < -0.3 is 4.79 Å². The summed E-state index contributed by atoms with van der Waals surface area (Å²) in [6, 6.07) is 4.82. The molecule has 2 heteroatoms. The summed E-state index contributed by atoms with van der Waals surface area (Å²) in [4.78, 5) is 10.0. The first-order chi connectivity index (χ1) is 5.24. The van der Waals surface area contributed by atoms with Gasteiger partial charge in [-0.2, -0.15) is 0 Å². The van der Waals surface area contributed by atoms with Crippen LogP contribution >= 0.6 is 0 Å². The fourth-order valence-electron chi connectivity index (χ4n) is 0.860. The van der Waals surface area contributed by atoms with E-state index in [1.54, 1.807) is 19.1 Å². The first kappa shape index (κ1) is 7.92. The Bertz CT molecular complexity index is 268. The predicted molar refractivity (Wildman–Crippen MR) is 40.9 cm³/mol. The van der Waals surface area contributed by atoms with Crippen molar-refractivity contribution in [1.82, 2.24) is 0 Å². The molecule has 0 N–H and O–H groups in total. The van der Waals surface area contributed by atoms with Crippen molar-refractivity contribution in [2.45, 2.75) is 13.3 Å². The molecule has 0 aliphatic heterocycles. The zero-order valence-corrected chi connectivity index (χ0v) is 6.30. The standard InChI is InChI=1S/C9H9FO/c1-7-2-3-8(4-5-11)6-9(7)10/h2-3,5-6H,4H2,1H3. The van der Waals surface area contributed by atoms with Crippen LogP contribution in [0.15, 0.2) is 18.2 Å². The van der Waals surface area contributed by atoms with Gasteiger partial charge in [0.15, 0.2) is 0 Å². The first-order valence-electron chi connectivity index (χ1n) is 3.42. The van der Waals surface area contributed by atoms with Gasteiger partial charge in [0.05, 0.1) is 0 Å². The summed E-state index contributed by atoms with van der Waals surface area (Å²) < 4.78 is 12.8. The van der Waals surface area contributed by atoms with Crippen LogP contribution in [0.2, 0.25) is 0 Å². The Morgan fingerprint density at radius 3 is 2.82 bits per heavy atom. The summed E-state index contributed by atoms with van der Waals surface area (Å²) in [6.45, 7) is 1.69. The van der Waals surface area contributed by atoms with Gasteiger partial charge in [-0.15, -0.1) is 0 Å². The molecule has 0 fully saturated rings. The topological polar surface area (TPSA) is 17.1 Å². The molecule has 0 spiro atoms. The average molecular weight is 152 g/mol. The maximum atomic E-state index is 12.8. The van der Waals surface area contributed by atoms with Crippen molar-refractivity contribution in [3.05, 3.63) is 35.1 Å². The van der Waals surface area contributed by atoms with E-state index in [0.29, 0.717) is 5.56 Å². The number of benzene rings is 1. The van der Waals surface area contributed by atoms with E-state index in [0.717, 1.165) is 11.8 Å². The quantitative estimate of drug-likeness (QED) is 0.591. The molecule has 1 rings (SSSR count). The van der Waals surface area contributed by atoms with E-state index in [-0.39, 0.29) is 12.2 Å². The lowest BCUT2D eigenvalue weighted by atomic mass is 10.1. The molecule has 0 atom stereocenters. The normalized spacial score (nSPS) is 9.64. The number of rotatable bonds is 2. The molecule has 0 bridgehead atoms. The molecule has 1 aromatic carbocycles. The van der Waals surface area contributed by atoms with E-state index in [4.69, 9.17) is 0 Å². The maximum Gasteiger partial charge on any atom is 0.126 e. The Kier molecular flexibility index (Phi) is 2.36. The highest BCUT2D eigenvalue weighted by atomic mass is 19.1. The Hall–Kier alpha value is -1.18. The summed E-state index contributed by atoms with van der Waals surface area (Å²) in [6.07, 6.45) is 1.06. The smallest absolute Gasteiger partial charge is 0.126 e. The van der Waals surface area contributed by atoms with Gasteiger partial charge in [-0.1, -0.05) is 12.1 Å². The van der Waals surface area contributed by atoms with Gasteiger partial charge in [-0.3, -0.25) is 0 Å². The van der Waals surface area contributed by atoms with Gasteiger partial charge in [0, 0.05) is 6.42 Å². The van der Waals surface area contributed by atoms with Crippen LogP contribution in [0.3, 0.4) is 0 Å². The zero-order valence-electron chi connectivity index (χ0n) is 6.30. The van der Waals surface area contributed by atoms with Crippen molar-refractivity contribution in [1.29, 1.82) is 0 Å². The number of aryl methyl sites for hydroxylation is 1. The fraction of sp³-hybridized carbons (Fsp3) is 0.222. The second-order valence-corrected chi connectivity index (χ2v) is 2.45. The molecule has 0 aliphatic carbocycles. The number of aldehydes is 1. The van der Waals surface area contributed by atoms with Crippen molar-refractivity contribution in [2.75, 3.05) is 0 Å². The van der Waals surface area contributed by atoms with Gasteiger partial charge in [0.25, 0.3) is 0 Å². The molecule has 0 aromatic heterocycles. The van der Waals surface area contributed by atoms with E-state index >= 15 is 0 Å². The average Bonchev–Trinajstić information content (AvgIpc) is 1.98. The second-order valence-electron chi connectivity index (χ2n) is 2.45. The number of carbonyl (C=O) groups is 1. The van der Waals surface area contributed by atoms with E-state index < -0.39 is 0 Å². The molecule has 1 nitrogen and oxygen atoms in total. The Morgan fingerprint density at radius 1 is 1.55 bits per heavy atom. The van der Waals surface area contributed by atoms with Crippen LogP contribution in [0.5, 0.6) is 0 Å². The molecule has 0 aliphatic rings. The van der Waals surface area contributed by atoms with Crippen molar-refractivity contribution in [2.24, 2.45) is 0 Å². The van der Waals surface area contributed by atoms with Crippen LogP contribution in [0.1, 0.15) is 11.1 Å². The summed E-state index contributed by atoms with van der Waals surface area (Å²) in [5, 5.41) is 0. The second kappa shape index (κ2) is 3.28. The van der Waals surface area contributed by atoms with E-state index in [2.05, 4.69) is 0 Å². The van der Waals surface area contributed by atoms with Crippen molar-refractivity contribution < 1.29 is 9.18 Å². The highest BCUT2D eigenvalue weighted by Crippen LogP contribution is 2.08. The van der Waals surface area contributed by atoms with Gasteiger partial charge >= 0.3 is 0 Å². The molecule has 58 valence electrons. The molecule has 0 radical (unpaired) electrons. The molecular weight excluding hydrogens is 143 g/mol. The van der Waals surface area contributed by atoms with Crippen LogP contribution in [0.25, 0.3) is 0 Å². The molecular formula is C9H9FO. The van der Waals surface area contributed by atoms with Crippen molar-refractivity contribution >= 4 is 6.29 Å². The lowest BCUT2D eigenvalue weighted by molar-refractivity contribution is -0.107.